The van der Waals surface area contributed by atoms with E-state index in [0.717, 1.165) is 5.56 Å². The van der Waals surface area contributed by atoms with E-state index in [-0.39, 0.29) is 11.4 Å². The molecule has 1 aliphatic rings. The maximum Gasteiger partial charge on any atom is 0.281 e. The van der Waals surface area contributed by atoms with Crippen LogP contribution in [-0.2, 0) is 4.79 Å². The summed E-state index contributed by atoms with van der Waals surface area (Å²) in [7, 11) is 0. The smallest absolute Gasteiger partial charge is 0.269 e. The molecule has 1 aromatic carbocycles. The van der Waals surface area contributed by atoms with Crippen molar-refractivity contribution in [3.63, 3.8) is 0 Å². The minimum atomic E-state index is -0.151. The number of hydrazone groups is 1. The standard InChI is InChI=1S/C13H16N2O/c1-10-4-6-11(7-5-10)9-15-13(2,3)8-12(16)14-15/h4-7,9H,8H2,1-3H3/p+1/b15-9+. The van der Waals surface area contributed by atoms with Crippen molar-refractivity contribution in [2.45, 2.75) is 32.7 Å². The summed E-state index contributed by atoms with van der Waals surface area (Å²) in [4.78, 5) is 11.3. The lowest BCUT2D eigenvalue weighted by Gasteiger charge is -2.09. The zero-order valence-electron chi connectivity index (χ0n) is 9.95. The van der Waals surface area contributed by atoms with E-state index in [1.54, 1.807) is 0 Å². The Labute approximate surface area is 95.8 Å². The molecule has 0 radical (unpaired) electrons. The fourth-order valence-corrected chi connectivity index (χ4v) is 1.81. The van der Waals surface area contributed by atoms with Crippen molar-refractivity contribution in [3.8, 4) is 0 Å². The molecule has 0 saturated carbocycles. The number of rotatable bonds is 1. The van der Waals surface area contributed by atoms with Gasteiger partial charge in [-0.15, -0.1) is 10.1 Å². The van der Waals surface area contributed by atoms with E-state index in [4.69, 9.17) is 0 Å². The molecule has 1 N–H and O–H groups in total. The monoisotopic (exact) mass is 217 g/mol. The molecule has 0 atom stereocenters. The van der Waals surface area contributed by atoms with E-state index >= 15 is 0 Å². The maximum atomic E-state index is 11.3. The third-order valence-corrected chi connectivity index (χ3v) is 2.85. The fraction of sp³-hybridized carbons (Fsp3) is 0.385. The number of benzene rings is 1. The van der Waals surface area contributed by atoms with E-state index in [1.807, 2.05) is 10.9 Å². The van der Waals surface area contributed by atoms with Crippen LogP contribution in [-0.4, -0.2) is 22.3 Å². The minimum Gasteiger partial charge on any atom is -0.269 e. The molecule has 0 spiro atoms. The first-order valence-corrected chi connectivity index (χ1v) is 5.48. The molecule has 1 fully saturated rings. The van der Waals surface area contributed by atoms with Crippen molar-refractivity contribution in [1.82, 2.24) is 5.43 Å². The Balaban J connectivity index is 2.31. The van der Waals surface area contributed by atoms with Crippen molar-refractivity contribution < 1.29 is 9.48 Å². The highest BCUT2D eigenvalue weighted by Gasteiger charge is 2.42. The number of nitrogens with one attached hydrogen (secondary N) is 1. The highest BCUT2D eigenvalue weighted by Crippen LogP contribution is 2.18. The van der Waals surface area contributed by atoms with Gasteiger partial charge in [0.2, 0.25) is 6.21 Å². The van der Waals surface area contributed by atoms with Gasteiger partial charge in [0.15, 0.2) is 5.54 Å². The highest BCUT2D eigenvalue weighted by molar-refractivity contribution is 5.80. The highest BCUT2D eigenvalue weighted by atomic mass is 16.2. The van der Waals surface area contributed by atoms with Crippen LogP contribution in [0.2, 0.25) is 0 Å². The molecule has 0 aromatic heterocycles. The van der Waals surface area contributed by atoms with Crippen molar-refractivity contribution >= 4 is 12.1 Å². The molecule has 3 nitrogen and oxygen atoms in total. The van der Waals surface area contributed by atoms with Gasteiger partial charge in [-0.25, -0.2) is 0 Å². The number of amides is 1. The van der Waals surface area contributed by atoms with E-state index in [2.05, 4.69) is 50.5 Å². The molecule has 16 heavy (non-hydrogen) atoms. The van der Waals surface area contributed by atoms with E-state index in [1.165, 1.54) is 5.56 Å². The summed E-state index contributed by atoms with van der Waals surface area (Å²) < 4.78 is 1.89. The van der Waals surface area contributed by atoms with Crippen LogP contribution in [0.5, 0.6) is 0 Å². The fourth-order valence-electron chi connectivity index (χ4n) is 1.81. The van der Waals surface area contributed by atoms with E-state index in [9.17, 15) is 4.79 Å². The number of nitrogens with zero attached hydrogens (tertiary/aromatic N) is 1. The average molecular weight is 217 g/mol. The van der Waals surface area contributed by atoms with Crippen molar-refractivity contribution in [2.24, 2.45) is 0 Å². The van der Waals surface area contributed by atoms with Crippen molar-refractivity contribution in [3.05, 3.63) is 35.4 Å². The lowest BCUT2D eigenvalue weighted by Crippen LogP contribution is -2.36. The predicted octanol–water partition coefficient (Wildman–Crippen LogP) is 1.64. The Bertz CT molecular complexity index is 444. The second-order valence-corrected chi connectivity index (χ2v) is 4.93. The SMILES string of the molecule is Cc1ccc(/C=[N+]2/NC(=O)CC2(C)C)cc1. The molecule has 1 heterocycles. The van der Waals surface area contributed by atoms with Crippen LogP contribution in [0.4, 0.5) is 0 Å². The molecule has 1 amide bonds. The Morgan fingerprint density at radius 3 is 2.44 bits per heavy atom. The van der Waals surface area contributed by atoms with Crippen LogP contribution >= 0.6 is 0 Å². The summed E-state index contributed by atoms with van der Waals surface area (Å²) in [5, 5.41) is 0. The molecular formula is C13H17N2O+. The lowest BCUT2D eigenvalue weighted by atomic mass is 10.0. The van der Waals surface area contributed by atoms with Gasteiger partial charge in [0.25, 0.3) is 5.91 Å². The largest absolute Gasteiger partial charge is 0.281 e. The van der Waals surface area contributed by atoms with Crippen molar-refractivity contribution in [1.29, 1.82) is 0 Å². The molecule has 0 bridgehead atoms. The molecule has 1 saturated heterocycles. The van der Waals surface area contributed by atoms with Crippen LogP contribution in [0, 0.1) is 6.92 Å². The molecule has 1 aliphatic heterocycles. The Hall–Kier alpha value is -1.64. The van der Waals surface area contributed by atoms with Gasteiger partial charge in [-0.1, -0.05) is 17.7 Å². The van der Waals surface area contributed by atoms with E-state index < -0.39 is 0 Å². The van der Waals surface area contributed by atoms with Gasteiger partial charge in [0.05, 0.1) is 6.42 Å². The summed E-state index contributed by atoms with van der Waals surface area (Å²) in [5.41, 5.74) is 5.03. The number of hydrogen-bond donors (Lipinski definition) is 1. The lowest BCUT2D eigenvalue weighted by molar-refractivity contribution is -0.620. The van der Waals surface area contributed by atoms with Crippen LogP contribution in [0.15, 0.2) is 24.3 Å². The minimum absolute atomic E-state index is 0.0772. The first-order valence-electron chi connectivity index (χ1n) is 5.48. The number of carbonyl (C=O) groups excluding carboxylic acids is 1. The quantitative estimate of drug-likeness (QED) is 0.713. The molecule has 1 aromatic rings. The normalized spacial score (nSPS) is 21.2. The van der Waals surface area contributed by atoms with Crippen LogP contribution in [0.3, 0.4) is 0 Å². The number of aryl methyl sites for hydroxylation is 1. The van der Waals surface area contributed by atoms with Gasteiger partial charge in [-0.3, -0.25) is 4.79 Å². The molecule has 2 rings (SSSR count). The summed E-state index contributed by atoms with van der Waals surface area (Å²) in [6.07, 6.45) is 2.51. The van der Waals surface area contributed by atoms with Gasteiger partial charge in [0, 0.05) is 19.4 Å². The molecule has 0 aliphatic carbocycles. The van der Waals surface area contributed by atoms with Crippen molar-refractivity contribution in [2.75, 3.05) is 0 Å². The molecule has 3 heteroatoms. The number of hydrogen-bond acceptors (Lipinski definition) is 1. The summed E-state index contributed by atoms with van der Waals surface area (Å²) in [6.45, 7) is 6.16. The van der Waals surface area contributed by atoms with Crippen LogP contribution in [0.1, 0.15) is 31.4 Å². The molecular weight excluding hydrogens is 200 g/mol. The number of carbonyl (C=O) groups is 1. The van der Waals surface area contributed by atoms with Crippen LogP contribution in [0.25, 0.3) is 0 Å². The molecule has 0 unspecified atom stereocenters. The predicted molar refractivity (Wildman–Crippen MR) is 63.4 cm³/mol. The van der Waals surface area contributed by atoms with Gasteiger partial charge in [-0.05, 0) is 19.1 Å². The maximum absolute atomic E-state index is 11.3. The zero-order valence-corrected chi connectivity index (χ0v) is 9.95. The topological polar surface area (TPSA) is 32.1 Å². The Morgan fingerprint density at radius 2 is 1.94 bits per heavy atom. The summed E-state index contributed by atoms with van der Waals surface area (Å²) in [5.74, 6) is 0.0772. The Morgan fingerprint density at radius 1 is 1.31 bits per heavy atom. The van der Waals surface area contributed by atoms with Gasteiger partial charge >= 0.3 is 0 Å². The first kappa shape index (κ1) is 10.9. The molecule has 84 valence electrons. The summed E-state index contributed by atoms with van der Waals surface area (Å²) in [6, 6.07) is 8.24. The van der Waals surface area contributed by atoms with Gasteiger partial charge < -0.3 is 0 Å². The summed E-state index contributed by atoms with van der Waals surface area (Å²) >= 11 is 0. The first-order chi connectivity index (χ1) is 7.47. The third kappa shape index (κ3) is 2.13. The number of hydrazine groups is 1. The second-order valence-electron chi connectivity index (χ2n) is 4.93. The average Bonchev–Trinajstić information content (AvgIpc) is 2.43. The van der Waals surface area contributed by atoms with Crippen LogP contribution < -0.4 is 5.43 Å². The second kappa shape index (κ2) is 3.74. The van der Waals surface area contributed by atoms with Gasteiger partial charge in [0.1, 0.15) is 0 Å². The van der Waals surface area contributed by atoms with E-state index in [0.29, 0.717) is 6.42 Å². The van der Waals surface area contributed by atoms with Gasteiger partial charge in [-0.2, -0.15) is 0 Å². The zero-order chi connectivity index (χ0) is 11.8. The third-order valence-electron chi connectivity index (χ3n) is 2.85. The Kier molecular flexibility index (Phi) is 2.54.